The number of carbonyl (C=O) groups excluding carboxylic acids is 1. The van der Waals surface area contributed by atoms with E-state index in [1.165, 1.54) is 13.3 Å². The van der Waals surface area contributed by atoms with Crippen LogP contribution >= 0.6 is 0 Å². The maximum Gasteiger partial charge on any atom is 0.337 e. The van der Waals surface area contributed by atoms with Gasteiger partial charge >= 0.3 is 5.97 Å². The van der Waals surface area contributed by atoms with Crippen LogP contribution in [-0.4, -0.2) is 18.1 Å². The fraction of sp³-hybridized carbons (Fsp3) is 0.308. The van der Waals surface area contributed by atoms with Crippen LogP contribution in [0.3, 0.4) is 0 Å². The minimum atomic E-state index is -0.561. The molecule has 90 valence electrons. The van der Waals surface area contributed by atoms with Gasteiger partial charge in [0.05, 0.1) is 18.2 Å². The van der Waals surface area contributed by atoms with E-state index in [1.807, 2.05) is 13.0 Å². The lowest BCUT2D eigenvalue weighted by molar-refractivity contribution is 0.0600. The minimum Gasteiger partial charge on any atom is -0.758 e. The van der Waals surface area contributed by atoms with E-state index >= 15 is 0 Å². The van der Waals surface area contributed by atoms with Gasteiger partial charge in [0.2, 0.25) is 0 Å². The molecule has 1 aromatic rings. The van der Waals surface area contributed by atoms with Crippen LogP contribution in [0.4, 0.5) is 0 Å². The Bertz CT molecular complexity index is 452. The predicted molar refractivity (Wildman–Crippen MR) is 64.1 cm³/mol. The van der Waals surface area contributed by atoms with Crippen molar-refractivity contribution in [2.75, 3.05) is 7.11 Å². The number of rotatable bonds is 2. The maximum absolute atomic E-state index is 11.7. The van der Waals surface area contributed by atoms with Crippen molar-refractivity contribution in [3.8, 4) is 0 Å². The third-order valence-electron chi connectivity index (χ3n) is 3.17. The summed E-state index contributed by atoms with van der Waals surface area (Å²) in [7, 11) is 1.35. The average molecular weight is 232 g/mol. The molecule has 1 aromatic carbocycles. The molecule has 0 aromatic heterocycles. The summed E-state index contributed by atoms with van der Waals surface area (Å²) in [6.07, 6.45) is 4.06. The molecule has 0 aliphatic carbocycles. The molecule has 0 bridgehead atoms. The maximum atomic E-state index is 11.7. The molecule has 0 saturated carbocycles. The molecule has 1 aliphatic rings. The Balaban J connectivity index is 2.27. The van der Waals surface area contributed by atoms with E-state index < -0.39 is 5.54 Å². The highest BCUT2D eigenvalue weighted by molar-refractivity contribution is 5.89. The Morgan fingerprint density at radius 1 is 1.41 bits per heavy atom. The number of hydrogen-bond donors (Lipinski definition) is 0. The van der Waals surface area contributed by atoms with Crippen LogP contribution < -0.4 is 0 Å². The van der Waals surface area contributed by atoms with Crippen molar-refractivity contribution in [2.45, 2.75) is 18.9 Å². The second-order valence-corrected chi connectivity index (χ2v) is 4.26. The van der Waals surface area contributed by atoms with Gasteiger partial charge in [0.15, 0.2) is 0 Å². The number of hydrogen-bond acceptors (Lipinski definition) is 4. The van der Waals surface area contributed by atoms with Gasteiger partial charge in [-0.2, -0.15) is 0 Å². The molecule has 2 rings (SSSR count). The van der Waals surface area contributed by atoms with Gasteiger partial charge in [-0.25, -0.2) is 4.79 Å². The van der Waals surface area contributed by atoms with E-state index in [-0.39, 0.29) is 5.97 Å². The summed E-state index contributed by atoms with van der Waals surface area (Å²) >= 11 is 0. The summed E-state index contributed by atoms with van der Waals surface area (Å²) in [5.74, 6) is -0.370. The summed E-state index contributed by atoms with van der Waals surface area (Å²) in [5.41, 5.74) is 0.822. The largest absolute Gasteiger partial charge is 0.758 e. The fourth-order valence-electron chi connectivity index (χ4n) is 1.96. The van der Waals surface area contributed by atoms with Gasteiger partial charge in [0.1, 0.15) is 0 Å². The molecular formula is C13H14NO3-. The number of nitrogens with zero attached hydrogens (tertiary/aromatic N) is 1. The van der Waals surface area contributed by atoms with Crippen LogP contribution in [0.25, 0.3) is 0 Å². The molecule has 1 atom stereocenters. The number of carbonyl (C=O) groups is 1. The third kappa shape index (κ3) is 1.91. The first-order chi connectivity index (χ1) is 8.08. The Hall–Kier alpha value is -1.81. The normalized spacial score (nSPS) is 22.9. The van der Waals surface area contributed by atoms with Gasteiger partial charge in [-0.1, -0.05) is 18.2 Å². The first-order valence-corrected chi connectivity index (χ1v) is 5.40. The Morgan fingerprint density at radius 3 is 2.53 bits per heavy atom. The van der Waals surface area contributed by atoms with Crippen molar-refractivity contribution in [2.24, 2.45) is 0 Å². The minimum absolute atomic E-state index is 0.370. The highest BCUT2D eigenvalue weighted by Crippen LogP contribution is 2.36. The fourth-order valence-corrected chi connectivity index (χ4v) is 1.96. The highest BCUT2D eigenvalue weighted by atomic mass is 16.5. The zero-order valence-electron chi connectivity index (χ0n) is 9.84. The van der Waals surface area contributed by atoms with Crippen LogP contribution in [-0.2, 0) is 10.3 Å². The van der Waals surface area contributed by atoms with Gasteiger partial charge < -0.3 is 15.0 Å². The molecule has 1 unspecified atom stereocenters. The van der Waals surface area contributed by atoms with Gasteiger partial charge in [-0.15, -0.1) is 0 Å². The van der Waals surface area contributed by atoms with E-state index in [1.54, 1.807) is 24.3 Å². The zero-order chi connectivity index (χ0) is 12.5. The smallest absolute Gasteiger partial charge is 0.337 e. The van der Waals surface area contributed by atoms with Crippen molar-refractivity contribution in [1.29, 1.82) is 0 Å². The lowest BCUT2D eigenvalue weighted by atomic mass is 9.90. The standard InChI is InChI=1S/C13H14NO3/c1-13(8-3-9-14(13)16)11-6-4-10(5-7-11)12(15)17-2/h3-7,9H,8H2,1-2H3/q-1. The number of methoxy groups -OCH3 is 1. The van der Waals surface area contributed by atoms with E-state index in [9.17, 15) is 10.0 Å². The molecule has 17 heavy (non-hydrogen) atoms. The monoisotopic (exact) mass is 232 g/mol. The number of esters is 1. The highest BCUT2D eigenvalue weighted by Gasteiger charge is 2.29. The topological polar surface area (TPSA) is 52.6 Å². The van der Waals surface area contributed by atoms with Gasteiger partial charge in [0, 0.05) is 0 Å². The van der Waals surface area contributed by atoms with E-state index in [4.69, 9.17) is 0 Å². The van der Waals surface area contributed by atoms with Crippen molar-refractivity contribution in [3.05, 3.63) is 52.9 Å². The van der Waals surface area contributed by atoms with Crippen molar-refractivity contribution in [3.63, 3.8) is 0 Å². The van der Waals surface area contributed by atoms with Crippen LogP contribution in [0.1, 0.15) is 29.3 Å². The molecule has 0 fully saturated rings. The van der Waals surface area contributed by atoms with Gasteiger partial charge in [0.25, 0.3) is 0 Å². The zero-order valence-corrected chi connectivity index (χ0v) is 9.84. The van der Waals surface area contributed by atoms with Crippen molar-refractivity contribution in [1.82, 2.24) is 5.06 Å². The molecular weight excluding hydrogens is 218 g/mol. The Kier molecular flexibility index (Phi) is 2.90. The average Bonchev–Trinajstić information content (AvgIpc) is 2.70. The summed E-state index contributed by atoms with van der Waals surface area (Å²) in [5, 5.41) is 12.7. The SMILES string of the molecule is COC(=O)c1ccc(C2(C)CC=CN2[O-])cc1. The van der Waals surface area contributed by atoms with Gasteiger partial charge in [-0.05, 0) is 37.2 Å². The first-order valence-electron chi connectivity index (χ1n) is 5.40. The Labute approximate surface area is 100 Å². The molecule has 4 heteroatoms. The second-order valence-electron chi connectivity index (χ2n) is 4.26. The number of ether oxygens (including phenoxy) is 1. The third-order valence-corrected chi connectivity index (χ3v) is 3.17. The summed E-state index contributed by atoms with van der Waals surface area (Å²) in [4.78, 5) is 11.3. The molecule has 0 saturated heterocycles. The molecule has 0 N–H and O–H groups in total. The predicted octanol–water partition coefficient (Wildman–Crippen LogP) is 2.41. The molecule has 0 spiro atoms. The number of benzene rings is 1. The second kappa shape index (κ2) is 4.22. The summed E-state index contributed by atoms with van der Waals surface area (Å²) in [6, 6.07) is 6.95. The van der Waals surface area contributed by atoms with Gasteiger partial charge in [-0.3, -0.25) is 0 Å². The molecule has 1 aliphatic heterocycles. The Morgan fingerprint density at radius 2 is 2.06 bits per heavy atom. The quantitative estimate of drug-likeness (QED) is 0.735. The first kappa shape index (κ1) is 11.7. The van der Waals surface area contributed by atoms with Crippen LogP contribution in [0.15, 0.2) is 36.5 Å². The molecule has 4 nitrogen and oxygen atoms in total. The summed E-state index contributed by atoms with van der Waals surface area (Å²) in [6.45, 7) is 1.88. The van der Waals surface area contributed by atoms with E-state index in [0.29, 0.717) is 12.0 Å². The van der Waals surface area contributed by atoms with Crippen LogP contribution in [0, 0.1) is 5.21 Å². The molecule has 1 heterocycles. The van der Waals surface area contributed by atoms with Crippen LogP contribution in [0.5, 0.6) is 0 Å². The van der Waals surface area contributed by atoms with Crippen molar-refractivity contribution >= 4 is 5.97 Å². The molecule has 0 radical (unpaired) electrons. The van der Waals surface area contributed by atoms with Crippen LogP contribution in [0.2, 0.25) is 0 Å². The van der Waals surface area contributed by atoms with E-state index in [2.05, 4.69) is 4.74 Å². The lowest BCUT2D eigenvalue weighted by Crippen LogP contribution is -2.32. The van der Waals surface area contributed by atoms with E-state index in [0.717, 1.165) is 10.6 Å². The van der Waals surface area contributed by atoms with Crippen molar-refractivity contribution < 1.29 is 9.53 Å². The number of hydroxylamine groups is 2. The lowest BCUT2D eigenvalue weighted by Gasteiger charge is -2.42. The summed E-state index contributed by atoms with van der Waals surface area (Å²) < 4.78 is 4.62. The molecule has 0 amide bonds.